The average Bonchev–Trinajstić information content (AvgIpc) is 2.15. The highest BCUT2D eigenvalue weighted by Crippen LogP contribution is 2.18. The molecule has 5 nitrogen and oxygen atoms in total. The maximum atomic E-state index is 10.8. The van der Waals surface area contributed by atoms with Gasteiger partial charge in [0.2, 0.25) is 5.03 Å². The SMILES string of the molecule is [O]S(=O)(=O)c1nncc2ccccc12. The third-order valence-electron chi connectivity index (χ3n) is 1.77. The van der Waals surface area contributed by atoms with Crippen molar-refractivity contribution < 1.29 is 13.0 Å². The van der Waals surface area contributed by atoms with E-state index in [1.165, 1.54) is 12.3 Å². The van der Waals surface area contributed by atoms with Crippen LogP contribution < -0.4 is 0 Å². The topological polar surface area (TPSA) is 79.8 Å². The summed E-state index contributed by atoms with van der Waals surface area (Å²) >= 11 is 0. The molecule has 14 heavy (non-hydrogen) atoms. The van der Waals surface area contributed by atoms with Gasteiger partial charge in [-0.05, 0) is 0 Å². The molecule has 71 valence electrons. The third-order valence-corrected chi connectivity index (χ3v) is 2.55. The molecule has 0 unspecified atom stereocenters. The zero-order valence-corrected chi connectivity index (χ0v) is 7.73. The first-order valence-electron chi connectivity index (χ1n) is 3.75. The highest BCUT2D eigenvalue weighted by Gasteiger charge is 2.17. The summed E-state index contributed by atoms with van der Waals surface area (Å²) in [6.07, 6.45) is 1.41. The van der Waals surface area contributed by atoms with Gasteiger partial charge < -0.3 is 0 Å². The molecule has 6 heteroatoms. The zero-order valence-electron chi connectivity index (χ0n) is 6.91. The van der Waals surface area contributed by atoms with Crippen LogP contribution in [0, 0.1) is 0 Å². The first-order valence-corrected chi connectivity index (χ1v) is 5.16. The van der Waals surface area contributed by atoms with E-state index in [4.69, 9.17) is 0 Å². The first-order chi connectivity index (χ1) is 6.59. The van der Waals surface area contributed by atoms with E-state index in [-0.39, 0.29) is 0 Å². The quantitative estimate of drug-likeness (QED) is 0.694. The van der Waals surface area contributed by atoms with Gasteiger partial charge in [0, 0.05) is 10.8 Å². The Morgan fingerprint density at radius 1 is 1.14 bits per heavy atom. The Hall–Kier alpha value is -1.53. The van der Waals surface area contributed by atoms with Crippen molar-refractivity contribution in [2.24, 2.45) is 0 Å². The second-order valence-corrected chi connectivity index (χ2v) is 3.99. The maximum Gasteiger partial charge on any atom is 0.344 e. The third kappa shape index (κ3) is 1.45. The van der Waals surface area contributed by atoms with Crippen LogP contribution in [-0.2, 0) is 14.7 Å². The summed E-state index contributed by atoms with van der Waals surface area (Å²) in [6, 6.07) is 6.55. The van der Waals surface area contributed by atoms with Crippen LogP contribution in [-0.4, -0.2) is 18.6 Å². The molecular formula is C8H5N2O3S. The highest BCUT2D eigenvalue weighted by atomic mass is 32.2. The van der Waals surface area contributed by atoms with Gasteiger partial charge in [-0.1, -0.05) is 28.8 Å². The van der Waals surface area contributed by atoms with Crippen LogP contribution in [0.15, 0.2) is 35.5 Å². The van der Waals surface area contributed by atoms with Crippen LogP contribution in [0.25, 0.3) is 10.8 Å². The molecule has 0 aliphatic rings. The van der Waals surface area contributed by atoms with Crippen molar-refractivity contribution in [3.8, 4) is 0 Å². The number of aromatic nitrogens is 2. The van der Waals surface area contributed by atoms with Crippen molar-refractivity contribution in [2.45, 2.75) is 5.03 Å². The molecule has 0 fully saturated rings. The molecular weight excluding hydrogens is 204 g/mol. The number of hydrogen-bond donors (Lipinski definition) is 0. The molecule has 0 saturated heterocycles. The molecule has 1 aromatic heterocycles. The van der Waals surface area contributed by atoms with E-state index in [1.54, 1.807) is 18.2 Å². The monoisotopic (exact) mass is 209 g/mol. The second kappa shape index (κ2) is 3.00. The van der Waals surface area contributed by atoms with Crippen molar-refractivity contribution in [1.82, 2.24) is 10.2 Å². The van der Waals surface area contributed by atoms with Gasteiger partial charge in [-0.3, -0.25) is 0 Å². The van der Waals surface area contributed by atoms with Crippen molar-refractivity contribution in [3.05, 3.63) is 30.5 Å². The normalized spacial score (nSPS) is 11.8. The minimum Gasteiger partial charge on any atom is -0.190 e. The van der Waals surface area contributed by atoms with Crippen molar-refractivity contribution in [1.29, 1.82) is 0 Å². The fourth-order valence-corrected chi connectivity index (χ4v) is 1.79. The summed E-state index contributed by atoms with van der Waals surface area (Å²) < 4.78 is 32.4. The molecule has 0 spiro atoms. The molecule has 2 rings (SSSR count). The van der Waals surface area contributed by atoms with E-state index in [1.807, 2.05) is 0 Å². The lowest BCUT2D eigenvalue weighted by molar-refractivity contribution is 0.411. The van der Waals surface area contributed by atoms with Crippen LogP contribution in [0.2, 0.25) is 0 Å². The van der Waals surface area contributed by atoms with Crippen LogP contribution in [0.4, 0.5) is 0 Å². The number of hydrogen-bond acceptors (Lipinski definition) is 4. The van der Waals surface area contributed by atoms with Crippen LogP contribution in [0.3, 0.4) is 0 Å². The Kier molecular flexibility index (Phi) is 1.94. The van der Waals surface area contributed by atoms with Gasteiger partial charge in [0.05, 0.1) is 6.20 Å². The number of nitrogens with zero attached hydrogens (tertiary/aromatic N) is 2. The number of fused-ring (bicyclic) bond motifs is 1. The predicted octanol–water partition coefficient (Wildman–Crippen LogP) is 0.749. The largest absolute Gasteiger partial charge is 0.344 e. The smallest absolute Gasteiger partial charge is 0.190 e. The molecule has 0 atom stereocenters. The maximum absolute atomic E-state index is 10.8. The van der Waals surface area contributed by atoms with Crippen molar-refractivity contribution >= 4 is 20.9 Å². The molecule has 1 heterocycles. The van der Waals surface area contributed by atoms with E-state index in [9.17, 15) is 13.0 Å². The summed E-state index contributed by atoms with van der Waals surface area (Å²) in [5.41, 5.74) is 0. The summed E-state index contributed by atoms with van der Waals surface area (Å²) in [7, 11) is -4.55. The van der Waals surface area contributed by atoms with Gasteiger partial charge in [-0.15, -0.1) is 5.10 Å². The van der Waals surface area contributed by atoms with Crippen molar-refractivity contribution in [2.75, 3.05) is 0 Å². The van der Waals surface area contributed by atoms with Crippen LogP contribution in [0.1, 0.15) is 0 Å². The Morgan fingerprint density at radius 2 is 1.86 bits per heavy atom. The van der Waals surface area contributed by atoms with Gasteiger partial charge in [-0.25, -0.2) is 0 Å². The Labute approximate surface area is 80.1 Å². The minimum atomic E-state index is -4.55. The number of rotatable bonds is 1. The van der Waals surface area contributed by atoms with Gasteiger partial charge in [0.25, 0.3) is 0 Å². The Bertz CT molecular complexity index is 575. The summed E-state index contributed by atoms with van der Waals surface area (Å²) in [4.78, 5) is 0. The standard InChI is InChI=1S/C8H5N2O3S/c11-14(12,13)8-7-4-2-1-3-6(7)5-9-10-8/h1-5H. The lowest BCUT2D eigenvalue weighted by atomic mass is 10.2. The minimum absolute atomic E-state index is 0.303. The predicted molar refractivity (Wildman–Crippen MR) is 47.4 cm³/mol. The number of benzene rings is 1. The molecule has 0 bridgehead atoms. The molecule has 1 radical (unpaired) electrons. The van der Waals surface area contributed by atoms with Gasteiger partial charge in [-0.2, -0.15) is 13.5 Å². The zero-order chi connectivity index (χ0) is 10.2. The molecule has 0 aliphatic carbocycles. The highest BCUT2D eigenvalue weighted by molar-refractivity contribution is 7.85. The van der Waals surface area contributed by atoms with E-state index in [0.717, 1.165) is 0 Å². The second-order valence-electron chi connectivity index (χ2n) is 2.69. The van der Waals surface area contributed by atoms with Gasteiger partial charge in [0.1, 0.15) is 0 Å². The molecule has 1 aromatic carbocycles. The molecule has 0 saturated carbocycles. The lowest BCUT2D eigenvalue weighted by Crippen LogP contribution is -2.02. The molecule has 2 aromatic rings. The fourth-order valence-electron chi connectivity index (χ4n) is 1.19. The summed E-state index contributed by atoms with van der Waals surface area (Å²) in [5, 5.41) is 7.14. The summed E-state index contributed by atoms with van der Waals surface area (Å²) in [5.74, 6) is 0. The van der Waals surface area contributed by atoms with E-state index < -0.39 is 15.1 Å². The van der Waals surface area contributed by atoms with E-state index in [0.29, 0.717) is 10.8 Å². The van der Waals surface area contributed by atoms with Crippen LogP contribution in [0.5, 0.6) is 0 Å². The van der Waals surface area contributed by atoms with E-state index >= 15 is 0 Å². The molecule has 0 N–H and O–H groups in total. The lowest BCUT2D eigenvalue weighted by Gasteiger charge is -1.98. The first kappa shape index (κ1) is 9.04. The van der Waals surface area contributed by atoms with Crippen LogP contribution >= 0.6 is 0 Å². The van der Waals surface area contributed by atoms with Gasteiger partial charge in [0.15, 0.2) is 0 Å². The molecule has 0 amide bonds. The molecule has 0 aliphatic heterocycles. The average molecular weight is 209 g/mol. The van der Waals surface area contributed by atoms with E-state index in [2.05, 4.69) is 10.2 Å². The fraction of sp³-hybridized carbons (Fsp3) is 0. The Morgan fingerprint density at radius 3 is 2.57 bits per heavy atom. The summed E-state index contributed by atoms with van der Waals surface area (Å²) in [6.45, 7) is 0. The van der Waals surface area contributed by atoms with Gasteiger partial charge >= 0.3 is 10.1 Å². The van der Waals surface area contributed by atoms with Crippen molar-refractivity contribution in [3.63, 3.8) is 0 Å². The Balaban J connectivity index is 2.92.